The van der Waals surface area contributed by atoms with Crippen molar-refractivity contribution >= 4 is 17.8 Å². The topological polar surface area (TPSA) is 63.7 Å². The van der Waals surface area contributed by atoms with Crippen LogP contribution in [-0.2, 0) is 19.2 Å². The van der Waals surface area contributed by atoms with Gasteiger partial charge in [0.25, 0.3) is 11.8 Å². The summed E-state index contributed by atoms with van der Waals surface area (Å²) in [6.45, 7) is 7.63. The summed E-state index contributed by atoms with van der Waals surface area (Å²) in [4.78, 5) is 39.3. The fourth-order valence-electron chi connectivity index (χ4n) is 1.45. The van der Waals surface area contributed by atoms with Crippen molar-refractivity contribution in [2.45, 2.75) is 47.0 Å². The highest BCUT2D eigenvalue weighted by Gasteiger charge is 2.37. The molecule has 2 amide bonds. The lowest BCUT2D eigenvalue weighted by Gasteiger charge is -2.29. The molecule has 1 aliphatic rings. The Morgan fingerprint density at radius 2 is 1.82 bits per heavy atom. The van der Waals surface area contributed by atoms with E-state index in [1.165, 1.54) is 0 Å². The Labute approximate surface area is 101 Å². The summed E-state index contributed by atoms with van der Waals surface area (Å²) in [7, 11) is 0. The standard InChI is InChI=1S/C12H19NO4/c1-5-12(3,4)8(2)11(16)17-13-9(14)6-7-10(13)15/h8H,5-7H2,1-4H3. The van der Waals surface area contributed by atoms with Gasteiger partial charge in [-0.25, -0.2) is 4.79 Å². The molecule has 0 spiro atoms. The number of imide groups is 1. The second kappa shape index (κ2) is 4.85. The molecule has 1 aliphatic heterocycles. The number of carbonyl (C=O) groups excluding carboxylic acids is 3. The van der Waals surface area contributed by atoms with Gasteiger partial charge in [-0.3, -0.25) is 9.59 Å². The molecule has 96 valence electrons. The van der Waals surface area contributed by atoms with Crippen molar-refractivity contribution in [3.8, 4) is 0 Å². The molecule has 0 aromatic carbocycles. The third-order valence-corrected chi connectivity index (χ3v) is 3.62. The van der Waals surface area contributed by atoms with E-state index < -0.39 is 17.8 Å². The molecule has 1 unspecified atom stereocenters. The van der Waals surface area contributed by atoms with Gasteiger partial charge in [-0.2, -0.15) is 0 Å². The Hall–Kier alpha value is -1.39. The second-order valence-corrected chi connectivity index (χ2v) is 5.06. The normalized spacial score (nSPS) is 18.5. The summed E-state index contributed by atoms with van der Waals surface area (Å²) >= 11 is 0. The minimum Gasteiger partial charge on any atom is -0.330 e. The molecule has 0 N–H and O–H groups in total. The van der Waals surface area contributed by atoms with Crippen molar-refractivity contribution in [2.75, 3.05) is 0 Å². The van der Waals surface area contributed by atoms with Crippen LogP contribution in [0.4, 0.5) is 0 Å². The van der Waals surface area contributed by atoms with E-state index >= 15 is 0 Å². The summed E-state index contributed by atoms with van der Waals surface area (Å²) in [6, 6.07) is 0. The van der Waals surface area contributed by atoms with Crippen LogP contribution in [0.3, 0.4) is 0 Å². The molecule has 1 saturated heterocycles. The van der Waals surface area contributed by atoms with Crippen LogP contribution in [0.2, 0.25) is 0 Å². The largest absolute Gasteiger partial charge is 0.336 e. The summed E-state index contributed by atoms with van der Waals surface area (Å²) in [5.74, 6) is -1.77. The van der Waals surface area contributed by atoms with Gasteiger partial charge in [-0.1, -0.05) is 34.1 Å². The number of carbonyl (C=O) groups is 3. The first-order chi connectivity index (χ1) is 7.79. The van der Waals surface area contributed by atoms with Gasteiger partial charge in [0.1, 0.15) is 0 Å². The molecule has 0 aromatic rings. The molecule has 0 bridgehead atoms. The highest BCUT2D eigenvalue weighted by molar-refractivity contribution is 6.01. The first-order valence-electron chi connectivity index (χ1n) is 5.87. The fraction of sp³-hybridized carbons (Fsp3) is 0.750. The molecule has 1 heterocycles. The van der Waals surface area contributed by atoms with Crippen LogP contribution in [0.15, 0.2) is 0 Å². The first-order valence-corrected chi connectivity index (χ1v) is 5.87. The van der Waals surface area contributed by atoms with Crippen LogP contribution >= 0.6 is 0 Å². The van der Waals surface area contributed by atoms with Crippen molar-refractivity contribution in [3.05, 3.63) is 0 Å². The average Bonchev–Trinajstić information content (AvgIpc) is 2.59. The Morgan fingerprint density at radius 3 is 2.24 bits per heavy atom. The molecule has 0 aliphatic carbocycles. The van der Waals surface area contributed by atoms with Crippen LogP contribution in [-0.4, -0.2) is 22.8 Å². The Morgan fingerprint density at radius 1 is 1.35 bits per heavy atom. The Balaban J connectivity index is 2.66. The Kier molecular flexibility index (Phi) is 3.91. The minimum atomic E-state index is -0.527. The van der Waals surface area contributed by atoms with E-state index in [1.807, 2.05) is 20.8 Å². The lowest BCUT2D eigenvalue weighted by molar-refractivity contribution is -0.202. The highest BCUT2D eigenvalue weighted by Crippen LogP contribution is 2.31. The van der Waals surface area contributed by atoms with Crippen LogP contribution in [0.5, 0.6) is 0 Å². The summed E-state index contributed by atoms with van der Waals surface area (Å²) in [5.41, 5.74) is -0.219. The van der Waals surface area contributed by atoms with Gasteiger partial charge in [0.05, 0.1) is 5.92 Å². The smallest absolute Gasteiger partial charge is 0.330 e. The van der Waals surface area contributed by atoms with E-state index in [1.54, 1.807) is 6.92 Å². The fourth-order valence-corrected chi connectivity index (χ4v) is 1.45. The van der Waals surface area contributed by atoms with E-state index in [9.17, 15) is 14.4 Å². The van der Waals surface area contributed by atoms with E-state index in [0.717, 1.165) is 6.42 Å². The summed E-state index contributed by atoms with van der Waals surface area (Å²) < 4.78 is 0. The summed E-state index contributed by atoms with van der Waals surface area (Å²) in [6.07, 6.45) is 1.06. The van der Waals surface area contributed by atoms with Crippen molar-refractivity contribution in [1.82, 2.24) is 5.06 Å². The molecule has 1 fully saturated rings. The van der Waals surface area contributed by atoms with E-state index in [4.69, 9.17) is 4.84 Å². The molecular formula is C12H19NO4. The van der Waals surface area contributed by atoms with Crippen LogP contribution in [0.1, 0.15) is 47.0 Å². The molecule has 0 aromatic heterocycles. The molecule has 5 nitrogen and oxygen atoms in total. The van der Waals surface area contributed by atoms with Gasteiger partial charge in [-0.05, 0) is 5.41 Å². The van der Waals surface area contributed by atoms with Gasteiger partial charge < -0.3 is 4.84 Å². The van der Waals surface area contributed by atoms with Crippen molar-refractivity contribution in [3.63, 3.8) is 0 Å². The van der Waals surface area contributed by atoms with Gasteiger partial charge in [0.15, 0.2) is 0 Å². The number of amides is 2. The zero-order valence-electron chi connectivity index (χ0n) is 10.8. The molecule has 0 radical (unpaired) electrons. The number of hydrogen-bond acceptors (Lipinski definition) is 4. The zero-order valence-corrected chi connectivity index (χ0v) is 10.8. The lowest BCUT2D eigenvalue weighted by Crippen LogP contribution is -2.37. The quantitative estimate of drug-likeness (QED) is 0.702. The molecular weight excluding hydrogens is 222 g/mol. The van der Waals surface area contributed by atoms with E-state index in [0.29, 0.717) is 5.06 Å². The SMILES string of the molecule is CCC(C)(C)C(C)C(=O)ON1C(=O)CCC1=O. The first kappa shape index (κ1) is 13.7. The third-order valence-electron chi connectivity index (χ3n) is 3.62. The van der Waals surface area contributed by atoms with Crippen molar-refractivity contribution in [1.29, 1.82) is 0 Å². The maximum atomic E-state index is 11.8. The maximum absolute atomic E-state index is 11.8. The van der Waals surface area contributed by atoms with Crippen LogP contribution in [0.25, 0.3) is 0 Å². The van der Waals surface area contributed by atoms with E-state index in [2.05, 4.69) is 0 Å². The predicted molar refractivity (Wildman–Crippen MR) is 60.4 cm³/mol. The average molecular weight is 241 g/mol. The monoisotopic (exact) mass is 241 g/mol. The van der Waals surface area contributed by atoms with Gasteiger partial charge in [-0.15, -0.1) is 5.06 Å². The molecule has 5 heteroatoms. The van der Waals surface area contributed by atoms with Gasteiger partial charge in [0, 0.05) is 12.8 Å². The van der Waals surface area contributed by atoms with Gasteiger partial charge in [0.2, 0.25) is 0 Å². The molecule has 1 rings (SSSR count). The zero-order chi connectivity index (χ0) is 13.2. The van der Waals surface area contributed by atoms with Crippen LogP contribution < -0.4 is 0 Å². The van der Waals surface area contributed by atoms with Crippen LogP contribution in [0, 0.1) is 11.3 Å². The summed E-state index contributed by atoms with van der Waals surface area (Å²) in [5, 5.41) is 0.602. The minimum absolute atomic E-state index is 0.123. The molecule has 0 saturated carbocycles. The van der Waals surface area contributed by atoms with Crippen molar-refractivity contribution in [2.24, 2.45) is 11.3 Å². The third kappa shape index (κ3) is 2.84. The van der Waals surface area contributed by atoms with E-state index in [-0.39, 0.29) is 24.2 Å². The van der Waals surface area contributed by atoms with Crippen molar-refractivity contribution < 1.29 is 19.2 Å². The highest BCUT2D eigenvalue weighted by atomic mass is 16.7. The second-order valence-electron chi connectivity index (χ2n) is 5.06. The number of hydroxylamine groups is 2. The number of nitrogens with zero attached hydrogens (tertiary/aromatic N) is 1. The predicted octanol–water partition coefficient (Wildman–Crippen LogP) is 1.67. The molecule has 1 atom stereocenters. The Bertz CT molecular complexity index is 332. The number of rotatable bonds is 4. The maximum Gasteiger partial charge on any atom is 0.336 e. The molecule has 17 heavy (non-hydrogen) atoms. The van der Waals surface area contributed by atoms with Gasteiger partial charge >= 0.3 is 5.97 Å². The number of hydrogen-bond donors (Lipinski definition) is 0. The lowest BCUT2D eigenvalue weighted by atomic mass is 9.78.